The van der Waals surface area contributed by atoms with Gasteiger partial charge in [0, 0.05) is 6.42 Å². The molecule has 2 N–H and O–H groups in total. The summed E-state index contributed by atoms with van der Waals surface area (Å²) in [6.07, 6.45) is 2.83. The van der Waals surface area contributed by atoms with Gasteiger partial charge in [0.2, 0.25) is 5.91 Å². The second-order valence-corrected chi connectivity index (χ2v) is 7.16. The number of fused-ring (bicyclic) bond motifs is 1. The van der Waals surface area contributed by atoms with Gasteiger partial charge < -0.3 is 5.73 Å². The van der Waals surface area contributed by atoms with E-state index in [1.54, 1.807) is 11.8 Å². The summed E-state index contributed by atoms with van der Waals surface area (Å²) in [6, 6.07) is 10.2. The van der Waals surface area contributed by atoms with Crippen molar-refractivity contribution < 1.29 is 4.79 Å². The average Bonchev–Trinajstić information content (AvgIpc) is 2.53. The van der Waals surface area contributed by atoms with E-state index in [1.807, 2.05) is 18.2 Å². The summed E-state index contributed by atoms with van der Waals surface area (Å²) in [7, 11) is 0. The van der Waals surface area contributed by atoms with Gasteiger partial charge in [-0.1, -0.05) is 42.1 Å². The maximum atomic E-state index is 11.1. The minimum Gasteiger partial charge on any atom is -0.369 e. The molecule has 1 aliphatic rings. The fourth-order valence-electron chi connectivity index (χ4n) is 2.35. The largest absolute Gasteiger partial charge is 0.369 e. The van der Waals surface area contributed by atoms with Gasteiger partial charge in [0.25, 0.3) is 0 Å². The molecule has 2 heterocycles. The number of nitrogens with two attached hydrogens (primary N) is 1. The van der Waals surface area contributed by atoms with E-state index in [0.717, 1.165) is 40.0 Å². The van der Waals surface area contributed by atoms with Crippen LogP contribution >= 0.6 is 23.5 Å². The van der Waals surface area contributed by atoms with Crippen LogP contribution in [0.25, 0.3) is 0 Å². The molecule has 0 saturated carbocycles. The first kappa shape index (κ1) is 15.4. The Morgan fingerprint density at radius 2 is 2.09 bits per heavy atom. The van der Waals surface area contributed by atoms with Crippen LogP contribution in [0.4, 0.5) is 0 Å². The average molecular weight is 331 g/mol. The van der Waals surface area contributed by atoms with Crippen LogP contribution in [0.5, 0.6) is 0 Å². The smallest absolute Gasteiger partial charge is 0.227 e. The summed E-state index contributed by atoms with van der Waals surface area (Å²) in [6.45, 7) is 0. The minimum absolute atomic E-state index is 0.259. The first-order valence-corrected chi connectivity index (χ1v) is 9.17. The Morgan fingerprint density at radius 3 is 2.86 bits per heavy atom. The molecule has 22 heavy (non-hydrogen) atoms. The first-order chi connectivity index (χ1) is 10.7. The molecule has 1 aromatic heterocycles. The number of nitrogens with zero attached hydrogens (tertiary/aromatic N) is 2. The summed E-state index contributed by atoms with van der Waals surface area (Å²) in [5, 5.41) is 0.902. The fraction of sp³-hybridized carbons (Fsp3) is 0.312. The zero-order valence-corrected chi connectivity index (χ0v) is 13.8. The highest BCUT2D eigenvalue weighted by Gasteiger charge is 2.19. The number of aromatic nitrogens is 2. The molecule has 0 radical (unpaired) electrons. The van der Waals surface area contributed by atoms with E-state index >= 15 is 0 Å². The third-order valence-corrected chi connectivity index (χ3v) is 5.65. The Labute approximate surface area is 138 Å². The molecule has 2 aromatic rings. The SMILES string of the molecule is NC(=O)CSc1nc(Cc2ccccc2)nc2c1SCCC2. The van der Waals surface area contributed by atoms with Crippen molar-refractivity contribution in [3.63, 3.8) is 0 Å². The molecule has 0 unspecified atom stereocenters. The number of thioether (sulfide) groups is 2. The highest BCUT2D eigenvalue weighted by molar-refractivity contribution is 8.02. The molecule has 1 aliphatic heterocycles. The lowest BCUT2D eigenvalue weighted by Gasteiger charge is -2.18. The molecule has 1 aromatic carbocycles. The topological polar surface area (TPSA) is 68.9 Å². The second kappa shape index (κ2) is 7.15. The molecule has 0 bridgehead atoms. The molecule has 6 heteroatoms. The van der Waals surface area contributed by atoms with E-state index in [0.29, 0.717) is 6.42 Å². The lowest BCUT2D eigenvalue weighted by atomic mass is 10.1. The number of carbonyl (C=O) groups is 1. The Bertz CT molecular complexity index is 677. The van der Waals surface area contributed by atoms with Crippen LogP contribution in [0, 0.1) is 0 Å². The molecule has 0 fully saturated rings. The summed E-state index contributed by atoms with van der Waals surface area (Å²) < 4.78 is 0. The Morgan fingerprint density at radius 1 is 1.27 bits per heavy atom. The summed E-state index contributed by atoms with van der Waals surface area (Å²) in [4.78, 5) is 21.6. The standard InChI is InChI=1S/C16H17N3OS2/c17-13(20)10-22-16-15-12(7-4-8-21-15)18-14(19-16)9-11-5-2-1-3-6-11/h1-3,5-6H,4,7-10H2,(H2,17,20). The van der Waals surface area contributed by atoms with Crippen molar-refractivity contribution in [2.45, 2.75) is 29.2 Å². The fourth-order valence-corrected chi connectivity index (χ4v) is 4.37. The van der Waals surface area contributed by atoms with Crippen molar-refractivity contribution in [1.29, 1.82) is 0 Å². The van der Waals surface area contributed by atoms with E-state index in [2.05, 4.69) is 17.1 Å². The van der Waals surface area contributed by atoms with Gasteiger partial charge >= 0.3 is 0 Å². The zero-order chi connectivity index (χ0) is 15.4. The quantitative estimate of drug-likeness (QED) is 0.674. The molecule has 0 saturated heterocycles. The maximum absolute atomic E-state index is 11.1. The van der Waals surface area contributed by atoms with E-state index in [9.17, 15) is 4.79 Å². The third-order valence-electron chi connectivity index (χ3n) is 3.31. The van der Waals surface area contributed by atoms with Crippen LogP contribution in [0.2, 0.25) is 0 Å². The zero-order valence-electron chi connectivity index (χ0n) is 12.1. The normalized spacial score (nSPS) is 13.6. The number of hydrogen-bond acceptors (Lipinski definition) is 5. The van der Waals surface area contributed by atoms with Gasteiger partial charge in [-0.05, 0) is 24.2 Å². The van der Waals surface area contributed by atoms with Gasteiger partial charge in [0.05, 0.1) is 16.3 Å². The van der Waals surface area contributed by atoms with Crippen LogP contribution in [0.15, 0.2) is 40.3 Å². The number of hydrogen-bond donors (Lipinski definition) is 1. The van der Waals surface area contributed by atoms with Crippen molar-refractivity contribution in [3.05, 3.63) is 47.4 Å². The van der Waals surface area contributed by atoms with Crippen molar-refractivity contribution in [1.82, 2.24) is 9.97 Å². The monoisotopic (exact) mass is 331 g/mol. The predicted molar refractivity (Wildman–Crippen MR) is 90.2 cm³/mol. The molecule has 3 rings (SSSR count). The number of amides is 1. The maximum Gasteiger partial charge on any atom is 0.227 e. The Kier molecular flexibility index (Phi) is 5.00. The number of rotatable bonds is 5. The van der Waals surface area contributed by atoms with Gasteiger partial charge in [0.1, 0.15) is 10.9 Å². The summed E-state index contributed by atoms with van der Waals surface area (Å²) in [5.74, 6) is 1.84. The minimum atomic E-state index is -0.317. The van der Waals surface area contributed by atoms with Gasteiger partial charge in [-0.25, -0.2) is 9.97 Å². The number of carbonyl (C=O) groups excluding carboxylic acids is 1. The Hall–Kier alpha value is -1.53. The molecule has 0 atom stereocenters. The van der Waals surface area contributed by atoms with E-state index in [1.165, 1.54) is 17.3 Å². The van der Waals surface area contributed by atoms with Gasteiger partial charge in [-0.2, -0.15) is 0 Å². The van der Waals surface area contributed by atoms with Crippen molar-refractivity contribution >= 4 is 29.4 Å². The van der Waals surface area contributed by atoms with Gasteiger partial charge in [-0.3, -0.25) is 4.79 Å². The third kappa shape index (κ3) is 3.81. The molecule has 1 amide bonds. The number of benzene rings is 1. The predicted octanol–water partition coefficient (Wildman–Crippen LogP) is 2.68. The Balaban J connectivity index is 1.90. The second-order valence-electron chi connectivity index (χ2n) is 5.09. The molecule has 4 nitrogen and oxygen atoms in total. The van der Waals surface area contributed by atoms with E-state index < -0.39 is 0 Å². The van der Waals surface area contributed by atoms with E-state index in [-0.39, 0.29) is 11.7 Å². The first-order valence-electron chi connectivity index (χ1n) is 7.20. The van der Waals surface area contributed by atoms with Gasteiger partial charge in [-0.15, -0.1) is 11.8 Å². The number of aryl methyl sites for hydroxylation is 1. The van der Waals surface area contributed by atoms with Crippen LogP contribution in [-0.4, -0.2) is 27.4 Å². The van der Waals surface area contributed by atoms with Crippen LogP contribution in [0.3, 0.4) is 0 Å². The lowest BCUT2D eigenvalue weighted by Crippen LogP contribution is -2.14. The van der Waals surface area contributed by atoms with Crippen LogP contribution in [-0.2, 0) is 17.6 Å². The van der Waals surface area contributed by atoms with Crippen molar-refractivity contribution in [2.75, 3.05) is 11.5 Å². The molecule has 114 valence electrons. The molecule has 0 aliphatic carbocycles. The van der Waals surface area contributed by atoms with Crippen molar-refractivity contribution in [3.8, 4) is 0 Å². The van der Waals surface area contributed by atoms with Gasteiger partial charge in [0.15, 0.2) is 0 Å². The highest BCUT2D eigenvalue weighted by Crippen LogP contribution is 2.36. The lowest BCUT2D eigenvalue weighted by molar-refractivity contribution is -0.115. The molecule has 0 spiro atoms. The summed E-state index contributed by atoms with van der Waals surface area (Å²) >= 11 is 3.21. The van der Waals surface area contributed by atoms with E-state index in [4.69, 9.17) is 10.7 Å². The van der Waals surface area contributed by atoms with Crippen molar-refractivity contribution in [2.24, 2.45) is 5.73 Å². The summed E-state index contributed by atoms with van der Waals surface area (Å²) in [5.41, 5.74) is 7.57. The van der Waals surface area contributed by atoms with Crippen LogP contribution in [0.1, 0.15) is 23.5 Å². The molecular formula is C16H17N3OS2. The number of primary amides is 1. The van der Waals surface area contributed by atoms with Crippen LogP contribution < -0.4 is 5.73 Å². The molecular weight excluding hydrogens is 314 g/mol. The highest BCUT2D eigenvalue weighted by atomic mass is 32.2.